The normalized spacial score (nSPS) is 10.5. The second kappa shape index (κ2) is 3.31. The van der Waals surface area contributed by atoms with Crippen LogP contribution >= 0.6 is 0 Å². The summed E-state index contributed by atoms with van der Waals surface area (Å²) in [5, 5.41) is 9.97. The van der Waals surface area contributed by atoms with E-state index in [4.69, 9.17) is 4.42 Å². The number of carbonyl (C=O) groups is 1. The first-order valence-electron chi connectivity index (χ1n) is 4.52. The Morgan fingerprint density at radius 1 is 1.33 bits per heavy atom. The lowest BCUT2D eigenvalue weighted by Gasteiger charge is -2.06. The summed E-state index contributed by atoms with van der Waals surface area (Å²) in [6, 6.07) is 6.34. The van der Waals surface area contributed by atoms with Gasteiger partial charge in [0.25, 0.3) is 5.91 Å². The number of fused-ring (bicyclic) bond motifs is 1. The molecule has 0 saturated heterocycles. The van der Waals surface area contributed by atoms with Crippen LogP contribution in [0.1, 0.15) is 10.6 Å². The summed E-state index contributed by atoms with van der Waals surface area (Å²) < 4.78 is 5.34. The lowest BCUT2D eigenvalue weighted by molar-refractivity contribution is 0.0799. The zero-order valence-corrected chi connectivity index (χ0v) is 8.52. The Hall–Kier alpha value is -1.97. The van der Waals surface area contributed by atoms with Crippen molar-refractivity contribution in [1.82, 2.24) is 4.90 Å². The molecule has 0 aliphatic rings. The zero-order valence-electron chi connectivity index (χ0n) is 8.52. The van der Waals surface area contributed by atoms with Gasteiger partial charge in [-0.2, -0.15) is 0 Å². The van der Waals surface area contributed by atoms with E-state index in [2.05, 4.69) is 0 Å². The van der Waals surface area contributed by atoms with Crippen LogP contribution in [0.25, 0.3) is 11.0 Å². The highest BCUT2D eigenvalue weighted by Crippen LogP contribution is 2.23. The van der Waals surface area contributed by atoms with Gasteiger partial charge in [0.1, 0.15) is 11.3 Å². The van der Waals surface area contributed by atoms with Gasteiger partial charge in [0, 0.05) is 19.5 Å². The molecule has 0 radical (unpaired) electrons. The molecule has 78 valence electrons. The van der Waals surface area contributed by atoms with Gasteiger partial charge in [-0.15, -0.1) is 0 Å². The fourth-order valence-corrected chi connectivity index (χ4v) is 1.36. The molecule has 1 amide bonds. The lowest BCUT2D eigenvalue weighted by atomic mass is 10.2. The van der Waals surface area contributed by atoms with Crippen LogP contribution in [0, 0.1) is 0 Å². The number of hydrogen-bond acceptors (Lipinski definition) is 3. The number of benzene rings is 1. The molecule has 2 aromatic rings. The molecular formula is C11H11NO3. The maximum absolute atomic E-state index is 11.6. The fourth-order valence-electron chi connectivity index (χ4n) is 1.36. The van der Waals surface area contributed by atoms with Crippen molar-refractivity contribution in [2.75, 3.05) is 14.1 Å². The van der Waals surface area contributed by atoms with Gasteiger partial charge in [-0.3, -0.25) is 4.79 Å². The van der Waals surface area contributed by atoms with Crippen LogP contribution in [-0.4, -0.2) is 30.0 Å². The van der Waals surface area contributed by atoms with E-state index < -0.39 is 0 Å². The summed E-state index contributed by atoms with van der Waals surface area (Å²) in [4.78, 5) is 13.0. The predicted molar refractivity (Wildman–Crippen MR) is 55.9 cm³/mol. The van der Waals surface area contributed by atoms with Gasteiger partial charge in [-0.25, -0.2) is 0 Å². The number of furan rings is 1. The molecule has 0 aliphatic carbocycles. The molecule has 0 bridgehead atoms. The number of phenolic OH excluding ortho intramolecular Hbond substituents is 1. The molecule has 0 aliphatic heterocycles. The van der Waals surface area contributed by atoms with Crippen LogP contribution in [0.5, 0.6) is 5.75 Å². The highest BCUT2D eigenvalue weighted by atomic mass is 16.3. The van der Waals surface area contributed by atoms with Crippen LogP contribution in [0.3, 0.4) is 0 Å². The Bertz CT molecular complexity index is 514. The number of carbonyl (C=O) groups excluding carboxylic acids is 1. The van der Waals surface area contributed by atoms with Crippen molar-refractivity contribution in [2.45, 2.75) is 0 Å². The predicted octanol–water partition coefficient (Wildman–Crippen LogP) is 1.84. The van der Waals surface area contributed by atoms with Gasteiger partial charge >= 0.3 is 0 Å². The van der Waals surface area contributed by atoms with Crippen LogP contribution in [0.15, 0.2) is 28.7 Å². The summed E-state index contributed by atoms with van der Waals surface area (Å²) in [6.07, 6.45) is 0. The number of phenols is 1. The summed E-state index contributed by atoms with van der Waals surface area (Å²) >= 11 is 0. The largest absolute Gasteiger partial charge is 0.508 e. The Kier molecular flexibility index (Phi) is 2.11. The molecule has 0 fully saturated rings. The smallest absolute Gasteiger partial charge is 0.289 e. The van der Waals surface area contributed by atoms with E-state index in [0.717, 1.165) is 5.39 Å². The highest BCUT2D eigenvalue weighted by Gasteiger charge is 2.13. The number of aromatic hydroxyl groups is 1. The molecule has 0 atom stereocenters. The first-order chi connectivity index (χ1) is 7.08. The van der Waals surface area contributed by atoms with E-state index in [1.807, 2.05) is 0 Å². The molecule has 1 aromatic heterocycles. The monoisotopic (exact) mass is 205 g/mol. The van der Waals surface area contributed by atoms with Gasteiger partial charge in [0.05, 0.1) is 0 Å². The third-order valence-corrected chi connectivity index (χ3v) is 2.12. The average Bonchev–Trinajstić information content (AvgIpc) is 2.58. The summed E-state index contributed by atoms with van der Waals surface area (Å²) in [5.74, 6) is 0.249. The first kappa shape index (κ1) is 9.58. The minimum atomic E-state index is -0.189. The van der Waals surface area contributed by atoms with Gasteiger partial charge < -0.3 is 14.4 Å². The average molecular weight is 205 g/mol. The summed E-state index contributed by atoms with van der Waals surface area (Å²) in [6.45, 7) is 0. The molecule has 4 nitrogen and oxygen atoms in total. The number of rotatable bonds is 1. The third kappa shape index (κ3) is 1.66. The quantitative estimate of drug-likeness (QED) is 0.772. The molecule has 1 heterocycles. The van der Waals surface area contributed by atoms with Gasteiger partial charge in [-0.1, -0.05) is 0 Å². The SMILES string of the molecule is CN(C)C(=O)c1cc2cc(O)ccc2o1. The zero-order chi connectivity index (χ0) is 11.0. The molecule has 0 spiro atoms. The molecule has 1 aromatic carbocycles. The van der Waals surface area contributed by atoms with Crippen molar-refractivity contribution in [3.8, 4) is 5.75 Å². The van der Waals surface area contributed by atoms with E-state index in [1.165, 1.54) is 11.0 Å². The van der Waals surface area contributed by atoms with E-state index >= 15 is 0 Å². The Morgan fingerprint density at radius 3 is 2.73 bits per heavy atom. The Labute approximate surface area is 86.7 Å². The van der Waals surface area contributed by atoms with Crippen molar-refractivity contribution < 1.29 is 14.3 Å². The minimum absolute atomic E-state index is 0.159. The van der Waals surface area contributed by atoms with Crippen LogP contribution in [-0.2, 0) is 0 Å². The fraction of sp³-hybridized carbons (Fsp3) is 0.182. The molecule has 0 unspecified atom stereocenters. The number of hydrogen-bond donors (Lipinski definition) is 1. The topological polar surface area (TPSA) is 53.7 Å². The van der Waals surface area contributed by atoms with Crippen LogP contribution < -0.4 is 0 Å². The summed E-state index contributed by atoms with van der Waals surface area (Å²) in [5.41, 5.74) is 0.595. The number of amides is 1. The summed E-state index contributed by atoms with van der Waals surface area (Å²) in [7, 11) is 3.32. The second-order valence-electron chi connectivity index (χ2n) is 3.53. The maximum atomic E-state index is 11.6. The molecule has 15 heavy (non-hydrogen) atoms. The minimum Gasteiger partial charge on any atom is -0.508 e. The van der Waals surface area contributed by atoms with Gasteiger partial charge in [-0.05, 0) is 24.3 Å². The molecule has 2 rings (SSSR count). The molecular weight excluding hydrogens is 194 g/mol. The van der Waals surface area contributed by atoms with E-state index in [9.17, 15) is 9.90 Å². The number of nitrogens with zero attached hydrogens (tertiary/aromatic N) is 1. The Balaban J connectivity index is 2.52. The van der Waals surface area contributed by atoms with Crippen molar-refractivity contribution >= 4 is 16.9 Å². The highest BCUT2D eigenvalue weighted by molar-refractivity contribution is 5.96. The van der Waals surface area contributed by atoms with Crippen molar-refractivity contribution in [2.24, 2.45) is 0 Å². The van der Waals surface area contributed by atoms with E-state index in [1.54, 1.807) is 32.3 Å². The van der Waals surface area contributed by atoms with E-state index in [-0.39, 0.29) is 17.4 Å². The van der Waals surface area contributed by atoms with Crippen molar-refractivity contribution in [1.29, 1.82) is 0 Å². The lowest BCUT2D eigenvalue weighted by Crippen LogP contribution is -2.20. The van der Waals surface area contributed by atoms with Crippen molar-refractivity contribution in [3.63, 3.8) is 0 Å². The van der Waals surface area contributed by atoms with Crippen molar-refractivity contribution in [3.05, 3.63) is 30.0 Å². The Morgan fingerprint density at radius 2 is 2.07 bits per heavy atom. The standard InChI is InChI=1S/C11H11NO3/c1-12(2)11(14)10-6-7-5-8(13)3-4-9(7)15-10/h3-6,13H,1-2H3. The van der Waals surface area contributed by atoms with Gasteiger partial charge in [0.2, 0.25) is 0 Å². The van der Waals surface area contributed by atoms with Crippen LogP contribution in [0.4, 0.5) is 0 Å². The first-order valence-corrected chi connectivity index (χ1v) is 4.52. The third-order valence-electron chi connectivity index (χ3n) is 2.12. The van der Waals surface area contributed by atoms with Crippen LogP contribution in [0.2, 0.25) is 0 Å². The van der Waals surface area contributed by atoms with Gasteiger partial charge in [0.15, 0.2) is 5.76 Å². The molecule has 4 heteroatoms. The molecule has 1 N–H and O–H groups in total. The maximum Gasteiger partial charge on any atom is 0.289 e. The molecule has 0 saturated carbocycles. The van der Waals surface area contributed by atoms with E-state index in [0.29, 0.717) is 5.58 Å². The second-order valence-corrected chi connectivity index (χ2v) is 3.53.